The third-order valence-corrected chi connectivity index (χ3v) is 1.69. The van der Waals surface area contributed by atoms with Crippen LogP contribution >= 0.6 is 12.2 Å². The number of hydrogen-bond acceptors (Lipinski definition) is 3. The standard InChI is InChI=1S/C10H12N4S/c1-2-6-12-10(15)14-13-8-9-5-3-4-7-11-9/h2-5,7-8H,1,6H2,(H2,12,14,15)/b13-8-. The van der Waals surface area contributed by atoms with Crippen molar-refractivity contribution in [3.8, 4) is 0 Å². The van der Waals surface area contributed by atoms with Crippen LogP contribution in [0, 0.1) is 0 Å². The van der Waals surface area contributed by atoms with Gasteiger partial charge in [0.25, 0.3) is 0 Å². The maximum Gasteiger partial charge on any atom is 0.187 e. The first-order valence-electron chi connectivity index (χ1n) is 4.42. The molecule has 1 aromatic rings. The van der Waals surface area contributed by atoms with Crippen LogP contribution in [-0.4, -0.2) is 22.9 Å². The average Bonchev–Trinajstić information content (AvgIpc) is 2.28. The fourth-order valence-electron chi connectivity index (χ4n) is 0.814. The minimum Gasteiger partial charge on any atom is -0.358 e. The second kappa shape index (κ2) is 6.67. The van der Waals surface area contributed by atoms with Crippen molar-refractivity contribution in [3.63, 3.8) is 0 Å². The second-order valence-electron chi connectivity index (χ2n) is 2.62. The molecule has 0 saturated heterocycles. The van der Waals surface area contributed by atoms with Crippen molar-refractivity contribution >= 4 is 23.5 Å². The maximum absolute atomic E-state index is 4.93. The molecule has 0 saturated carbocycles. The summed E-state index contributed by atoms with van der Waals surface area (Å²) in [5.74, 6) is 0. The zero-order valence-electron chi connectivity index (χ0n) is 8.18. The van der Waals surface area contributed by atoms with Crippen LogP contribution in [0.15, 0.2) is 42.2 Å². The smallest absolute Gasteiger partial charge is 0.187 e. The molecule has 0 fully saturated rings. The SMILES string of the molecule is C=CCNC(=S)N/N=C\c1ccccn1. The number of nitrogens with one attached hydrogen (secondary N) is 2. The Morgan fingerprint density at radius 3 is 3.13 bits per heavy atom. The van der Waals surface area contributed by atoms with E-state index in [0.29, 0.717) is 11.7 Å². The molecule has 0 bridgehead atoms. The van der Waals surface area contributed by atoms with Gasteiger partial charge in [0.1, 0.15) is 0 Å². The van der Waals surface area contributed by atoms with Gasteiger partial charge in [0, 0.05) is 12.7 Å². The summed E-state index contributed by atoms with van der Waals surface area (Å²) >= 11 is 4.93. The summed E-state index contributed by atoms with van der Waals surface area (Å²) in [5.41, 5.74) is 3.44. The van der Waals surface area contributed by atoms with Crippen LogP contribution in [0.4, 0.5) is 0 Å². The fourth-order valence-corrected chi connectivity index (χ4v) is 0.950. The van der Waals surface area contributed by atoms with Crippen LogP contribution in [0.5, 0.6) is 0 Å². The predicted octanol–water partition coefficient (Wildman–Crippen LogP) is 1.07. The largest absolute Gasteiger partial charge is 0.358 e. The maximum atomic E-state index is 4.93. The van der Waals surface area contributed by atoms with Crippen LogP contribution in [0.3, 0.4) is 0 Å². The summed E-state index contributed by atoms with van der Waals surface area (Å²) in [6, 6.07) is 5.59. The molecule has 1 aromatic heterocycles. The van der Waals surface area contributed by atoms with Gasteiger partial charge in [-0.15, -0.1) is 6.58 Å². The summed E-state index contributed by atoms with van der Waals surface area (Å²) in [4.78, 5) is 4.07. The summed E-state index contributed by atoms with van der Waals surface area (Å²) in [7, 11) is 0. The van der Waals surface area contributed by atoms with Gasteiger partial charge >= 0.3 is 0 Å². The van der Waals surface area contributed by atoms with Crippen molar-refractivity contribution in [2.45, 2.75) is 0 Å². The molecule has 0 aliphatic carbocycles. The van der Waals surface area contributed by atoms with Gasteiger partial charge in [0.15, 0.2) is 5.11 Å². The van der Waals surface area contributed by atoms with Crippen molar-refractivity contribution in [1.29, 1.82) is 0 Å². The zero-order valence-corrected chi connectivity index (χ0v) is 9.00. The summed E-state index contributed by atoms with van der Waals surface area (Å²) < 4.78 is 0. The van der Waals surface area contributed by atoms with E-state index in [1.54, 1.807) is 18.5 Å². The zero-order chi connectivity index (χ0) is 10.9. The van der Waals surface area contributed by atoms with E-state index in [-0.39, 0.29) is 0 Å². The Hall–Kier alpha value is -1.75. The third kappa shape index (κ3) is 4.87. The Morgan fingerprint density at radius 2 is 2.47 bits per heavy atom. The van der Waals surface area contributed by atoms with E-state index in [2.05, 4.69) is 27.4 Å². The summed E-state index contributed by atoms with van der Waals surface area (Å²) in [6.07, 6.45) is 5.02. The van der Waals surface area contributed by atoms with Crippen LogP contribution in [-0.2, 0) is 0 Å². The minimum atomic E-state index is 0.460. The molecule has 4 nitrogen and oxygen atoms in total. The molecule has 0 spiro atoms. The van der Waals surface area contributed by atoms with Gasteiger partial charge in [-0.3, -0.25) is 10.4 Å². The molecular formula is C10H12N4S. The van der Waals surface area contributed by atoms with E-state index in [0.717, 1.165) is 5.69 Å². The number of pyridine rings is 1. The molecule has 0 aliphatic heterocycles. The molecule has 0 aromatic carbocycles. The Kier molecular flexibility index (Phi) is 5.03. The highest BCUT2D eigenvalue weighted by atomic mass is 32.1. The van der Waals surface area contributed by atoms with Crippen molar-refractivity contribution in [2.75, 3.05) is 6.54 Å². The van der Waals surface area contributed by atoms with Gasteiger partial charge in [-0.25, -0.2) is 0 Å². The first-order valence-corrected chi connectivity index (χ1v) is 4.82. The molecule has 0 amide bonds. The molecule has 78 valence electrons. The lowest BCUT2D eigenvalue weighted by Gasteiger charge is -2.02. The van der Waals surface area contributed by atoms with E-state index >= 15 is 0 Å². The summed E-state index contributed by atoms with van der Waals surface area (Å²) in [6.45, 7) is 4.18. The molecule has 1 heterocycles. The van der Waals surface area contributed by atoms with Crippen molar-refractivity contribution in [1.82, 2.24) is 15.7 Å². The first-order chi connectivity index (χ1) is 7.33. The van der Waals surface area contributed by atoms with Gasteiger partial charge in [-0.2, -0.15) is 5.10 Å². The van der Waals surface area contributed by atoms with Crippen molar-refractivity contribution < 1.29 is 0 Å². The van der Waals surface area contributed by atoms with Gasteiger partial charge in [0.2, 0.25) is 0 Å². The number of nitrogens with zero attached hydrogens (tertiary/aromatic N) is 2. The third-order valence-electron chi connectivity index (χ3n) is 1.46. The topological polar surface area (TPSA) is 49.3 Å². The highest BCUT2D eigenvalue weighted by molar-refractivity contribution is 7.80. The molecule has 0 atom stereocenters. The molecular weight excluding hydrogens is 208 g/mol. The molecule has 0 radical (unpaired) electrons. The number of hydrogen-bond donors (Lipinski definition) is 2. The molecule has 0 aliphatic rings. The number of hydrazone groups is 1. The number of aromatic nitrogens is 1. The van der Waals surface area contributed by atoms with Gasteiger partial charge in [-0.05, 0) is 24.4 Å². The Bertz CT molecular complexity index is 348. The van der Waals surface area contributed by atoms with E-state index in [1.807, 2.05) is 18.2 Å². The lowest BCUT2D eigenvalue weighted by molar-refractivity contribution is 0.941. The van der Waals surface area contributed by atoms with Crippen LogP contribution in [0.1, 0.15) is 5.69 Å². The normalized spacial score (nSPS) is 9.87. The lowest BCUT2D eigenvalue weighted by Crippen LogP contribution is -2.31. The highest BCUT2D eigenvalue weighted by Gasteiger charge is 1.89. The molecule has 0 unspecified atom stereocenters. The molecule has 1 rings (SSSR count). The van der Waals surface area contributed by atoms with Crippen LogP contribution in [0.2, 0.25) is 0 Å². The average molecular weight is 220 g/mol. The molecule has 15 heavy (non-hydrogen) atoms. The highest BCUT2D eigenvalue weighted by Crippen LogP contribution is 1.87. The first kappa shape index (κ1) is 11.3. The minimum absolute atomic E-state index is 0.460. The van der Waals surface area contributed by atoms with Crippen molar-refractivity contribution in [3.05, 3.63) is 42.7 Å². The molecule has 5 heteroatoms. The van der Waals surface area contributed by atoms with Crippen LogP contribution in [0.25, 0.3) is 0 Å². The monoisotopic (exact) mass is 220 g/mol. The second-order valence-corrected chi connectivity index (χ2v) is 3.03. The molecule has 2 N–H and O–H groups in total. The summed E-state index contributed by atoms with van der Waals surface area (Å²) in [5, 5.41) is 7.27. The van der Waals surface area contributed by atoms with Crippen LogP contribution < -0.4 is 10.7 Å². The van der Waals surface area contributed by atoms with Gasteiger partial charge < -0.3 is 5.32 Å². The predicted molar refractivity (Wildman–Crippen MR) is 65.8 cm³/mol. The Labute approximate surface area is 94.1 Å². The van der Waals surface area contributed by atoms with Gasteiger partial charge in [0.05, 0.1) is 11.9 Å². The van der Waals surface area contributed by atoms with E-state index in [1.165, 1.54) is 0 Å². The lowest BCUT2D eigenvalue weighted by atomic mass is 10.4. The van der Waals surface area contributed by atoms with E-state index < -0.39 is 0 Å². The van der Waals surface area contributed by atoms with E-state index in [9.17, 15) is 0 Å². The number of rotatable bonds is 4. The quantitative estimate of drug-likeness (QED) is 0.345. The van der Waals surface area contributed by atoms with Gasteiger partial charge in [-0.1, -0.05) is 12.1 Å². The Morgan fingerprint density at radius 1 is 1.60 bits per heavy atom. The van der Waals surface area contributed by atoms with E-state index in [4.69, 9.17) is 12.2 Å². The Balaban J connectivity index is 2.33. The van der Waals surface area contributed by atoms with Crippen molar-refractivity contribution in [2.24, 2.45) is 5.10 Å². The number of thiocarbonyl (C=S) groups is 1. The fraction of sp³-hybridized carbons (Fsp3) is 0.100.